The SMILES string of the molecule is CC1=C(C)/C2=C/c3[nH]c(c(C)c3C)[C@@]3(C)N=C(/C=c4\[nH]/c(c(C)c4C)=C\C1=N2)CC3(C)C. The van der Waals surface area contributed by atoms with Gasteiger partial charge < -0.3 is 9.97 Å². The molecule has 0 fully saturated rings. The lowest BCUT2D eigenvalue weighted by atomic mass is 9.70. The Hall–Kier alpha value is -2.88. The van der Waals surface area contributed by atoms with Crippen LogP contribution in [0.5, 0.6) is 0 Å². The topological polar surface area (TPSA) is 56.3 Å². The summed E-state index contributed by atoms with van der Waals surface area (Å²) in [5, 5.41) is 2.28. The molecular weight excluding hydrogens is 392 g/mol. The van der Waals surface area contributed by atoms with Crippen LogP contribution < -0.4 is 10.7 Å². The molecule has 1 atom stereocenters. The van der Waals surface area contributed by atoms with Crippen molar-refractivity contribution in [1.29, 1.82) is 0 Å². The molecule has 0 aromatic carbocycles. The van der Waals surface area contributed by atoms with Crippen molar-refractivity contribution >= 4 is 29.7 Å². The van der Waals surface area contributed by atoms with Crippen molar-refractivity contribution in [2.75, 3.05) is 0 Å². The van der Waals surface area contributed by atoms with Crippen LogP contribution in [0.3, 0.4) is 0 Å². The van der Waals surface area contributed by atoms with Crippen molar-refractivity contribution < 1.29 is 0 Å². The van der Waals surface area contributed by atoms with E-state index in [1.165, 1.54) is 39.1 Å². The molecule has 0 amide bonds. The average molecular weight is 427 g/mol. The summed E-state index contributed by atoms with van der Waals surface area (Å²) in [5.74, 6) is 0. The molecule has 0 aliphatic carbocycles. The smallest absolute Gasteiger partial charge is 0.104 e. The number of nitrogens with one attached hydrogen (secondary N) is 2. The summed E-state index contributed by atoms with van der Waals surface area (Å²) in [6.07, 6.45) is 7.61. The van der Waals surface area contributed by atoms with Crippen LogP contribution in [0.25, 0.3) is 18.2 Å². The highest BCUT2D eigenvalue weighted by molar-refractivity contribution is 6.23. The summed E-state index contributed by atoms with van der Waals surface area (Å²) in [6, 6.07) is 0. The molecule has 2 N–H and O–H groups in total. The Morgan fingerprint density at radius 1 is 0.750 bits per heavy atom. The van der Waals surface area contributed by atoms with E-state index in [2.05, 4.69) is 90.5 Å². The summed E-state index contributed by atoms with van der Waals surface area (Å²) in [5.41, 5.74) is 12.9. The highest BCUT2D eigenvalue weighted by Crippen LogP contribution is 2.51. The van der Waals surface area contributed by atoms with Gasteiger partial charge in [-0.3, -0.25) is 4.99 Å². The quantitative estimate of drug-likeness (QED) is 0.591. The van der Waals surface area contributed by atoms with Gasteiger partial charge in [-0.05, 0) is 107 Å². The fourth-order valence-corrected chi connectivity index (χ4v) is 5.35. The van der Waals surface area contributed by atoms with Gasteiger partial charge in [0.05, 0.1) is 11.4 Å². The maximum absolute atomic E-state index is 5.35. The van der Waals surface area contributed by atoms with E-state index in [1.54, 1.807) is 0 Å². The molecule has 3 aliphatic rings. The molecule has 0 saturated carbocycles. The lowest BCUT2D eigenvalue weighted by molar-refractivity contribution is 0.213. The van der Waals surface area contributed by atoms with Gasteiger partial charge in [0.25, 0.3) is 0 Å². The lowest BCUT2D eigenvalue weighted by Gasteiger charge is -2.36. The Balaban J connectivity index is 1.90. The molecule has 0 spiro atoms. The molecule has 5 rings (SSSR count). The fourth-order valence-electron chi connectivity index (χ4n) is 5.35. The summed E-state index contributed by atoms with van der Waals surface area (Å²) in [7, 11) is 0. The first-order valence-electron chi connectivity index (χ1n) is 11.6. The third-order valence-electron chi connectivity index (χ3n) is 8.48. The number of nitrogens with zero attached hydrogens (tertiary/aromatic N) is 2. The average Bonchev–Trinajstić information content (AvgIpc) is 3.33. The summed E-state index contributed by atoms with van der Waals surface area (Å²) >= 11 is 0. The largest absolute Gasteiger partial charge is 0.356 e. The summed E-state index contributed by atoms with van der Waals surface area (Å²) in [6.45, 7) is 20.1. The number of rotatable bonds is 0. The van der Waals surface area contributed by atoms with E-state index in [-0.39, 0.29) is 11.0 Å². The second-order valence-electron chi connectivity index (χ2n) is 10.7. The van der Waals surface area contributed by atoms with Gasteiger partial charge in [0.2, 0.25) is 0 Å². The Labute approximate surface area is 190 Å². The van der Waals surface area contributed by atoms with Crippen LogP contribution in [0, 0.1) is 33.1 Å². The zero-order valence-corrected chi connectivity index (χ0v) is 20.8. The molecule has 32 heavy (non-hydrogen) atoms. The van der Waals surface area contributed by atoms with Crippen LogP contribution in [0.4, 0.5) is 0 Å². The molecule has 8 bridgehead atoms. The van der Waals surface area contributed by atoms with Gasteiger partial charge >= 0.3 is 0 Å². The zero-order valence-electron chi connectivity index (χ0n) is 20.8. The van der Waals surface area contributed by atoms with Crippen LogP contribution in [0.2, 0.25) is 0 Å². The van der Waals surface area contributed by atoms with E-state index in [0.717, 1.165) is 39.9 Å². The minimum absolute atomic E-state index is 0.00203. The number of aliphatic imine (C=N–C) groups is 2. The number of hydrogen-bond donors (Lipinski definition) is 2. The zero-order chi connectivity index (χ0) is 23.2. The second kappa shape index (κ2) is 6.57. The minimum Gasteiger partial charge on any atom is -0.356 e. The third-order valence-corrected chi connectivity index (χ3v) is 8.48. The molecule has 0 saturated heterocycles. The second-order valence-corrected chi connectivity index (χ2v) is 10.7. The molecule has 166 valence electrons. The van der Waals surface area contributed by atoms with Gasteiger partial charge in [-0.25, -0.2) is 4.99 Å². The van der Waals surface area contributed by atoms with Crippen LogP contribution in [-0.4, -0.2) is 21.4 Å². The van der Waals surface area contributed by atoms with Crippen molar-refractivity contribution in [1.82, 2.24) is 9.97 Å². The molecular formula is C28H34N4. The standard InChI is InChI=1S/C28H34N4/c1-14-15(2)22-11-23-16(3)17(4)24(30-23)12-25-18(5)19(6)26(31-25)28(9)27(7,8)13-20(32-28)10-21(14)29-22/h10-12,29,31H,13H2,1-9H3/b21-10-,22-11-,24-12-/t28-/m1/s1. The molecule has 0 unspecified atom stereocenters. The fraction of sp³-hybridized carbons (Fsp3) is 0.429. The number of allylic oxidation sites excluding steroid dienone is 2. The van der Waals surface area contributed by atoms with Gasteiger partial charge in [0.15, 0.2) is 0 Å². The van der Waals surface area contributed by atoms with Crippen molar-refractivity contribution in [3.05, 3.63) is 61.2 Å². The number of hydrogen-bond acceptors (Lipinski definition) is 2. The van der Waals surface area contributed by atoms with Crippen molar-refractivity contribution in [3.8, 4) is 0 Å². The molecule has 2 aromatic rings. The maximum Gasteiger partial charge on any atom is 0.104 e. The molecule has 4 nitrogen and oxygen atoms in total. The van der Waals surface area contributed by atoms with Gasteiger partial charge in [-0.2, -0.15) is 0 Å². The molecule has 2 aromatic heterocycles. The number of H-pyrrole nitrogens is 2. The first kappa shape index (κ1) is 21.0. The first-order valence-corrected chi connectivity index (χ1v) is 11.6. The van der Waals surface area contributed by atoms with Gasteiger partial charge in [0.1, 0.15) is 5.54 Å². The predicted octanol–water partition coefficient (Wildman–Crippen LogP) is 5.07. The summed E-state index contributed by atoms with van der Waals surface area (Å²) < 4.78 is 0. The minimum atomic E-state index is -0.319. The monoisotopic (exact) mass is 426 g/mol. The van der Waals surface area contributed by atoms with Crippen LogP contribution in [0.1, 0.15) is 74.7 Å². The van der Waals surface area contributed by atoms with E-state index in [9.17, 15) is 0 Å². The lowest BCUT2D eigenvalue weighted by Crippen LogP contribution is -2.35. The highest BCUT2D eigenvalue weighted by atomic mass is 15.0. The Kier molecular flexibility index (Phi) is 4.31. The van der Waals surface area contributed by atoms with E-state index in [0.29, 0.717) is 0 Å². The van der Waals surface area contributed by atoms with Gasteiger partial charge in [-0.15, -0.1) is 0 Å². The van der Waals surface area contributed by atoms with Crippen molar-refractivity contribution in [2.45, 2.75) is 74.3 Å². The maximum atomic E-state index is 5.35. The molecule has 0 radical (unpaired) electrons. The van der Waals surface area contributed by atoms with Crippen LogP contribution in [0.15, 0.2) is 26.8 Å². The Morgan fingerprint density at radius 3 is 2.09 bits per heavy atom. The normalized spacial score (nSPS) is 27.5. The van der Waals surface area contributed by atoms with Crippen LogP contribution in [-0.2, 0) is 5.54 Å². The molecule has 3 aliphatic heterocycles. The Bertz CT molecular complexity index is 1430. The van der Waals surface area contributed by atoms with Gasteiger partial charge in [0, 0.05) is 33.2 Å². The first-order chi connectivity index (χ1) is 14.9. The number of aromatic amines is 2. The summed E-state index contributed by atoms with van der Waals surface area (Å²) in [4.78, 5) is 17.8. The third kappa shape index (κ3) is 2.74. The predicted molar refractivity (Wildman–Crippen MR) is 136 cm³/mol. The van der Waals surface area contributed by atoms with E-state index in [1.807, 2.05) is 0 Å². The van der Waals surface area contributed by atoms with E-state index < -0.39 is 0 Å². The number of fused-ring (bicyclic) bond motifs is 7. The Morgan fingerprint density at radius 2 is 1.41 bits per heavy atom. The molecule has 4 heteroatoms. The van der Waals surface area contributed by atoms with Gasteiger partial charge in [-0.1, -0.05) is 13.8 Å². The molecule has 5 heterocycles. The highest BCUT2D eigenvalue weighted by Gasteiger charge is 2.49. The van der Waals surface area contributed by atoms with Crippen LogP contribution >= 0.6 is 0 Å². The van der Waals surface area contributed by atoms with Crippen molar-refractivity contribution in [2.24, 2.45) is 15.4 Å². The number of aromatic nitrogens is 2. The van der Waals surface area contributed by atoms with Crippen molar-refractivity contribution in [3.63, 3.8) is 0 Å². The van der Waals surface area contributed by atoms with E-state index >= 15 is 0 Å². The van der Waals surface area contributed by atoms with E-state index in [4.69, 9.17) is 9.98 Å².